The third kappa shape index (κ3) is 5.07. The van der Waals surface area contributed by atoms with Gasteiger partial charge in [0, 0.05) is 12.2 Å². The molecule has 0 radical (unpaired) electrons. The lowest BCUT2D eigenvalue weighted by Crippen LogP contribution is -2.31. The molecule has 21 heavy (non-hydrogen) atoms. The van der Waals surface area contributed by atoms with Gasteiger partial charge in [-0.3, -0.25) is 0 Å². The van der Waals surface area contributed by atoms with Gasteiger partial charge in [0.2, 0.25) is 0 Å². The Kier molecular flexibility index (Phi) is 5.57. The van der Waals surface area contributed by atoms with Crippen LogP contribution in [-0.4, -0.2) is 48.2 Å². The summed E-state index contributed by atoms with van der Waals surface area (Å²) < 4.78 is 0. The quantitative estimate of drug-likeness (QED) is 0.700. The Morgan fingerprint density at radius 3 is 2.71 bits per heavy atom. The van der Waals surface area contributed by atoms with E-state index in [-0.39, 0.29) is 11.6 Å². The van der Waals surface area contributed by atoms with Crippen LogP contribution in [0.3, 0.4) is 0 Å². The van der Waals surface area contributed by atoms with Gasteiger partial charge in [0.1, 0.15) is 0 Å². The molecule has 114 valence electrons. The predicted octanol–water partition coefficient (Wildman–Crippen LogP) is 1.99. The zero-order valence-corrected chi connectivity index (χ0v) is 12.0. The molecule has 6 nitrogen and oxygen atoms in total. The van der Waals surface area contributed by atoms with Crippen molar-refractivity contribution < 1.29 is 14.7 Å². The van der Waals surface area contributed by atoms with Gasteiger partial charge in [-0.25, -0.2) is 9.59 Å². The number of rotatable bonds is 6. The van der Waals surface area contributed by atoms with Crippen molar-refractivity contribution in [1.29, 1.82) is 0 Å². The van der Waals surface area contributed by atoms with Gasteiger partial charge in [-0.2, -0.15) is 0 Å². The number of amides is 2. The molecule has 1 saturated heterocycles. The highest BCUT2D eigenvalue weighted by Crippen LogP contribution is 2.10. The first kappa shape index (κ1) is 15.3. The number of hydrogen-bond donors (Lipinski definition) is 3. The molecule has 6 heteroatoms. The second-order valence-electron chi connectivity index (χ2n) is 5.17. The number of aromatic carboxylic acids is 1. The Labute approximate surface area is 124 Å². The molecule has 1 heterocycles. The number of carboxylic acids is 1. The average molecular weight is 291 g/mol. The molecular weight excluding hydrogens is 270 g/mol. The molecule has 0 unspecified atom stereocenters. The molecule has 0 spiro atoms. The highest BCUT2D eigenvalue weighted by atomic mass is 16.4. The van der Waals surface area contributed by atoms with E-state index in [2.05, 4.69) is 15.5 Å². The third-order valence-electron chi connectivity index (χ3n) is 3.50. The Morgan fingerprint density at radius 2 is 2.00 bits per heavy atom. The van der Waals surface area contributed by atoms with Gasteiger partial charge >= 0.3 is 12.0 Å². The summed E-state index contributed by atoms with van der Waals surface area (Å²) >= 11 is 0. The van der Waals surface area contributed by atoms with Crippen LogP contribution < -0.4 is 10.6 Å². The van der Waals surface area contributed by atoms with Crippen LogP contribution in [0.5, 0.6) is 0 Å². The first-order chi connectivity index (χ1) is 10.1. The summed E-state index contributed by atoms with van der Waals surface area (Å²) in [6, 6.07) is 5.88. The molecule has 1 fully saturated rings. The number of anilines is 1. The molecule has 1 aliphatic rings. The summed E-state index contributed by atoms with van der Waals surface area (Å²) in [5, 5.41) is 14.3. The van der Waals surface area contributed by atoms with E-state index in [0.717, 1.165) is 26.1 Å². The Balaban J connectivity index is 1.69. The summed E-state index contributed by atoms with van der Waals surface area (Å²) in [4.78, 5) is 24.9. The van der Waals surface area contributed by atoms with Crippen LogP contribution in [-0.2, 0) is 0 Å². The molecule has 3 N–H and O–H groups in total. The van der Waals surface area contributed by atoms with Crippen molar-refractivity contribution in [3.63, 3.8) is 0 Å². The summed E-state index contributed by atoms with van der Waals surface area (Å²) in [7, 11) is 0. The van der Waals surface area contributed by atoms with Crippen molar-refractivity contribution in [1.82, 2.24) is 10.2 Å². The van der Waals surface area contributed by atoms with Gasteiger partial charge in [0.25, 0.3) is 0 Å². The number of carboxylic acid groups (broad SMARTS) is 1. The van der Waals surface area contributed by atoms with Crippen LogP contribution in [0.1, 0.15) is 29.6 Å². The number of benzene rings is 1. The van der Waals surface area contributed by atoms with E-state index >= 15 is 0 Å². The van der Waals surface area contributed by atoms with Crippen LogP contribution in [0.2, 0.25) is 0 Å². The fourth-order valence-corrected chi connectivity index (χ4v) is 2.42. The number of carbonyl (C=O) groups excluding carboxylic acids is 1. The monoisotopic (exact) mass is 291 g/mol. The van der Waals surface area contributed by atoms with E-state index in [0.29, 0.717) is 12.2 Å². The highest BCUT2D eigenvalue weighted by molar-refractivity contribution is 5.93. The minimum atomic E-state index is -1.01. The second-order valence-corrected chi connectivity index (χ2v) is 5.17. The zero-order valence-electron chi connectivity index (χ0n) is 12.0. The minimum Gasteiger partial charge on any atom is -0.478 e. The lowest BCUT2D eigenvalue weighted by Gasteiger charge is -2.14. The van der Waals surface area contributed by atoms with Crippen molar-refractivity contribution >= 4 is 17.7 Å². The standard InChI is InChI=1S/C15H21N3O3/c19-14(20)12-5-3-6-13(11-12)17-15(21)16-7-4-10-18-8-1-2-9-18/h3,5-6,11H,1-2,4,7-10H2,(H,19,20)(H2,16,17,21). The first-order valence-electron chi connectivity index (χ1n) is 7.26. The predicted molar refractivity (Wildman–Crippen MR) is 80.7 cm³/mol. The summed E-state index contributed by atoms with van der Waals surface area (Å²) in [6.45, 7) is 3.94. The lowest BCUT2D eigenvalue weighted by atomic mass is 10.2. The van der Waals surface area contributed by atoms with E-state index in [1.807, 2.05) is 0 Å². The molecule has 0 bridgehead atoms. The minimum absolute atomic E-state index is 0.154. The molecule has 0 saturated carbocycles. The Morgan fingerprint density at radius 1 is 1.24 bits per heavy atom. The van der Waals surface area contributed by atoms with E-state index in [9.17, 15) is 9.59 Å². The molecule has 2 rings (SSSR count). The normalized spacial score (nSPS) is 14.9. The van der Waals surface area contributed by atoms with Crippen LogP contribution in [0, 0.1) is 0 Å². The average Bonchev–Trinajstić information content (AvgIpc) is 2.97. The van der Waals surface area contributed by atoms with E-state index in [4.69, 9.17) is 5.11 Å². The van der Waals surface area contributed by atoms with Gasteiger partial charge in [-0.15, -0.1) is 0 Å². The smallest absolute Gasteiger partial charge is 0.335 e. The number of nitrogens with zero attached hydrogens (tertiary/aromatic N) is 1. The largest absolute Gasteiger partial charge is 0.478 e. The third-order valence-corrected chi connectivity index (χ3v) is 3.50. The zero-order chi connectivity index (χ0) is 15.1. The topological polar surface area (TPSA) is 81.7 Å². The Bertz CT molecular complexity index is 499. The van der Waals surface area contributed by atoms with Crippen molar-refractivity contribution in [3.05, 3.63) is 29.8 Å². The van der Waals surface area contributed by atoms with Crippen LogP contribution in [0.25, 0.3) is 0 Å². The maximum Gasteiger partial charge on any atom is 0.335 e. The number of likely N-dealkylation sites (tertiary alicyclic amines) is 1. The van der Waals surface area contributed by atoms with E-state index in [1.165, 1.54) is 25.0 Å². The summed E-state index contributed by atoms with van der Waals surface area (Å²) in [5.41, 5.74) is 0.633. The van der Waals surface area contributed by atoms with Gasteiger partial charge in [-0.1, -0.05) is 6.07 Å². The molecule has 0 aromatic heterocycles. The summed E-state index contributed by atoms with van der Waals surface area (Å²) in [6.07, 6.45) is 3.46. The van der Waals surface area contributed by atoms with Crippen molar-refractivity contribution in [2.45, 2.75) is 19.3 Å². The SMILES string of the molecule is O=C(NCCCN1CCCC1)Nc1cccc(C(=O)O)c1. The van der Waals surface area contributed by atoms with Crippen LogP contribution in [0.4, 0.5) is 10.5 Å². The maximum atomic E-state index is 11.7. The van der Waals surface area contributed by atoms with Crippen molar-refractivity contribution in [2.75, 3.05) is 31.5 Å². The van der Waals surface area contributed by atoms with Crippen LogP contribution in [0.15, 0.2) is 24.3 Å². The van der Waals surface area contributed by atoms with E-state index < -0.39 is 5.97 Å². The fourth-order valence-electron chi connectivity index (χ4n) is 2.42. The lowest BCUT2D eigenvalue weighted by molar-refractivity contribution is 0.0697. The van der Waals surface area contributed by atoms with Crippen molar-refractivity contribution in [2.24, 2.45) is 0 Å². The fraction of sp³-hybridized carbons (Fsp3) is 0.467. The van der Waals surface area contributed by atoms with Gasteiger partial charge < -0.3 is 20.6 Å². The number of nitrogens with one attached hydrogen (secondary N) is 2. The molecule has 1 aromatic carbocycles. The number of urea groups is 1. The maximum absolute atomic E-state index is 11.7. The van der Waals surface area contributed by atoms with E-state index in [1.54, 1.807) is 12.1 Å². The van der Waals surface area contributed by atoms with Gasteiger partial charge in [0.05, 0.1) is 5.56 Å². The van der Waals surface area contributed by atoms with Gasteiger partial charge in [0.15, 0.2) is 0 Å². The molecule has 1 aromatic rings. The van der Waals surface area contributed by atoms with Crippen LogP contribution >= 0.6 is 0 Å². The highest BCUT2D eigenvalue weighted by Gasteiger charge is 2.10. The molecule has 1 aliphatic heterocycles. The molecule has 0 atom stereocenters. The first-order valence-corrected chi connectivity index (χ1v) is 7.26. The Hall–Kier alpha value is -2.08. The number of hydrogen-bond acceptors (Lipinski definition) is 3. The molecule has 2 amide bonds. The number of carbonyl (C=O) groups is 2. The summed E-state index contributed by atoms with van der Waals surface area (Å²) in [5.74, 6) is -1.01. The molecule has 0 aliphatic carbocycles. The molecular formula is C15H21N3O3. The second kappa shape index (κ2) is 7.64. The van der Waals surface area contributed by atoms with Crippen molar-refractivity contribution in [3.8, 4) is 0 Å². The van der Waals surface area contributed by atoms with Gasteiger partial charge in [-0.05, 0) is 57.1 Å².